The molecule has 0 aliphatic carbocycles. The first kappa shape index (κ1) is 28.4. The number of aliphatic hydroxyl groups is 1. The molecule has 0 amide bonds. The topological polar surface area (TPSA) is 57.2 Å². The van der Waals surface area contributed by atoms with Crippen molar-refractivity contribution in [2.75, 3.05) is 26.2 Å². The van der Waals surface area contributed by atoms with E-state index in [0.717, 1.165) is 28.8 Å². The van der Waals surface area contributed by atoms with Crippen LogP contribution in [0.2, 0.25) is 0 Å². The van der Waals surface area contributed by atoms with Crippen LogP contribution in [0.3, 0.4) is 0 Å². The Hall–Kier alpha value is -1.60. The van der Waals surface area contributed by atoms with Gasteiger partial charge in [-0.25, -0.2) is 0 Å². The molecule has 2 aromatic carbocycles. The van der Waals surface area contributed by atoms with Gasteiger partial charge >= 0.3 is 0 Å². The highest BCUT2D eigenvalue weighted by molar-refractivity contribution is 9.09. The molecule has 1 N–H and O–H groups in total. The zero-order chi connectivity index (χ0) is 24.0. The van der Waals surface area contributed by atoms with Gasteiger partial charge in [0, 0.05) is 11.9 Å². The highest BCUT2D eigenvalue weighted by atomic mass is 79.9. The van der Waals surface area contributed by atoms with E-state index < -0.39 is 0 Å². The highest BCUT2D eigenvalue weighted by Gasteiger charge is 2.18. The molecule has 0 atom stereocenters. The summed E-state index contributed by atoms with van der Waals surface area (Å²) in [5, 5.41) is 9.83. The Morgan fingerprint density at radius 1 is 0.688 bits per heavy atom. The summed E-state index contributed by atoms with van der Waals surface area (Å²) in [5.41, 5.74) is 1.91. The van der Waals surface area contributed by atoms with Crippen molar-refractivity contribution in [2.24, 2.45) is 0 Å². The average Bonchev–Trinajstić information content (AvgIpc) is 2.77. The first-order valence-electron chi connectivity index (χ1n) is 10.9. The van der Waals surface area contributed by atoms with Crippen LogP contribution in [0.5, 0.6) is 11.5 Å². The maximum Gasteiger partial charge on any atom is 0.118 e. The van der Waals surface area contributed by atoms with Crippen molar-refractivity contribution in [2.45, 2.75) is 65.0 Å². The molecule has 0 fully saturated rings. The normalized spacial score (nSPS) is 11.5. The van der Waals surface area contributed by atoms with Crippen LogP contribution in [0.1, 0.15) is 51.7 Å². The van der Waals surface area contributed by atoms with Gasteiger partial charge in [0.25, 0.3) is 0 Å². The van der Waals surface area contributed by atoms with Crippen molar-refractivity contribution >= 4 is 15.9 Å². The number of halogens is 1. The summed E-state index contributed by atoms with van der Waals surface area (Å²) in [4.78, 5) is 0. The number of benzene rings is 2. The lowest BCUT2D eigenvalue weighted by Gasteiger charge is -2.24. The minimum absolute atomic E-state index is 0.0799. The summed E-state index contributed by atoms with van der Waals surface area (Å²) in [6.45, 7) is 9.52. The molecule has 0 aromatic heterocycles. The standard InChI is InChI=1S/C13H19BrO2.C13H20O3/c2*1-13(2,8-9-14)16-10-11-4-6-12(15-3)7-5-11/h4-7H,8-10H2,1-3H3;4-7,14H,8-10H2,1-3H3. The summed E-state index contributed by atoms with van der Waals surface area (Å²) in [6, 6.07) is 15.8. The van der Waals surface area contributed by atoms with Gasteiger partial charge in [-0.3, -0.25) is 0 Å². The van der Waals surface area contributed by atoms with Crippen molar-refractivity contribution < 1.29 is 24.1 Å². The SMILES string of the molecule is COc1ccc(COC(C)(C)CCBr)cc1.COc1ccc(COC(C)(C)CCO)cc1. The largest absolute Gasteiger partial charge is 0.497 e. The van der Waals surface area contributed by atoms with Gasteiger partial charge in [-0.15, -0.1) is 0 Å². The Kier molecular flexibility index (Phi) is 12.9. The molecule has 0 bridgehead atoms. The van der Waals surface area contributed by atoms with Crippen LogP contribution in [0.25, 0.3) is 0 Å². The molecule has 0 saturated heterocycles. The van der Waals surface area contributed by atoms with E-state index in [1.54, 1.807) is 14.2 Å². The molecule has 0 aliphatic rings. The Labute approximate surface area is 202 Å². The van der Waals surface area contributed by atoms with Crippen LogP contribution in [-0.2, 0) is 22.7 Å². The summed E-state index contributed by atoms with van der Waals surface area (Å²) in [5.74, 6) is 1.72. The maximum absolute atomic E-state index is 8.87. The van der Waals surface area contributed by atoms with Crippen molar-refractivity contribution in [1.82, 2.24) is 0 Å². The number of alkyl halides is 1. The van der Waals surface area contributed by atoms with Gasteiger partial charge in [-0.2, -0.15) is 0 Å². The second kappa shape index (κ2) is 14.5. The molecule has 0 unspecified atom stereocenters. The van der Waals surface area contributed by atoms with Crippen LogP contribution in [0.15, 0.2) is 48.5 Å². The second-order valence-electron chi connectivity index (χ2n) is 8.71. The molecule has 2 rings (SSSR count). The Bertz CT molecular complexity index is 676. The fourth-order valence-electron chi connectivity index (χ4n) is 2.64. The predicted octanol–water partition coefficient (Wildman–Crippen LogP) is 6.15. The van der Waals surface area contributed by atoms with Crippen molar-refractivity contribution in [1.29, 1.82) is 0 Å². The zero-order valence-electron chi connectivity index (χ0n) is 20.3. The minimum Gasteiger partial charge on any atom is -0.497 e. The molecule has 5 nitrogen and oxygen atoms in total. The number of hydrogen-bond donors (Lipinski definition) is 1. The van der Waals surface area contributed by atoms with E-state index >= 15 is 0 Å². The molecular formula is C26H39BrO5. The average molecular weight is 511 g/mol. The lowest BCUT2D eigenvalue weighted by molar-refractivity contribution is -0.0434. The van der Waals surface area contributed by atoms with Gasteiger partial charge in [0.1, 0.15) is 11.5 Å². The van der Waals surface area contributed by atoms with Gasteiger partial charge in [-0.1, -0.05) is 40.2 Å². The smallest absolute Gasteiger partial charge is 0.118 e. The van der Waals surface area contributed by atoms with Crippen LogP contribution in [0.4, 0.5) is 0 Å². The van der Waals surface area contributed by atoms with Crippen LogP contribution in [0, 0.1) is 0 Å². The molecular weight excluding hydrogens is 472 g/mol. The number of aliphatic hydroxyl groups excluding tert-OH is 1. The van der Waals surface area contributed by atoms with Crippen LogP contribution < -0.4 is 9.47 Å². The van der Waals surface area contributed by atoms with E-state index in [0.29, 0.717) is 19.6 Å². The predicted molar refractivity (Wildman–Crippen MR) is 134 cm³/mol. The monoisotopic (exact) mass is 510 g/mol. The van der Waals surface area contributed by atoms with E-state index in [4.69, 9.17) is 24.1 Å². The third kappa shape index (κ3) is 11.9. The third-order valence-electron chi connectivity index (χ3n) is 4.99. The number of methoxy groups -OCH3 is 2. The highest BCUT2D eigenvalue weighted by Crippen LogP contribution is 2.20. The lowest BCUT2D eigenvalue weighted by Crippen LogP contribution is -2.25. The molecule has 6 heteroatoms. The zero-order valence-corrected chi connectivity index (χ0v) is 21.9. The van der Waals surface area contributed by atoms with E-state index in [-0.39, 0.29) is 17.8 Å². The lowest BCUT2D eigenvalue weighted by atomic mass is 10.1. The van der Waals surface area contributed by atoms with E-state index in [2.05, 4.69) is 29.8 Å². The minimum atomic E-state index is -0.283. The Morgan fingerprint density at radius 3 is 1.38 bits per heavy atom. The van der Waals surface area contributed by atoms with Gasteiger partial charge in [-0.05, 0) is 75.9 Å². The van der Waals surface area contributed by atoms with Crippen molar-refractivity contribution in [3.05, 3.63) is 59.7 Å². The second-order valence-corrected chi connectivity index (χ2v) is 9.50. The molecule has 32 heavy (non-hydrogen) atoms. The Morgan fingerprint density at radius 2 is 1.06 bits per heavy atom. The Balaban J connectivity index is 0.000000320. The van der Waals surface area contributed by atoms with Crippen LogP contribution in [-0.4, -0.2) is 42.5 Å². The molecule has 0 spiro atoms. The number of rotatable bonds is 12. The van der Waals surface area contributed by atoms with Gasteiger partial charge in [0.05, 0.1) is 38.6 Å². The van der Waals surface area contributed by atoms with E-state index in [1.807, 2.05) is 62.4 Å². The molecule has 2 aromatic rings. The number of hydrogen-bond acceptors (Lipinski definition) is 5. The first-order valence-corrected chi connectivity index (χ1v) is 12.0. The quantitative estimate of drug-likeness (QED) is 0.347. The summed E-state index contributed by atoms with van der Waals surface area (Å²) in [7, 11) is 3.32. The first-order chi connectivity index (χ1) is 15.1. The van der Waals surface area contributed by atoms with Crippen molar-refractivity contribution in [3.8, 4) is 11.5 Å². The molecule has 0 saturated carbocycles. The summed E-state index contributed by atoms with van der Waals surface area (Å²) >= 11 is 3.43. The van der Waals surface area contributed by atoms with E-state index in [9.17, 15) is 0 Å². The molecule has 0 aliphatic heterocycles. The summed E-state index contributed by atoms with van der Waals surface area (Å²) < 4.78 is 21.8. The van der Waals surface area contributed by atoms with E-state index in [1.165, 1.54) is 5.56 Å². The number of ether oxygens (including phenoxy) is 4. The van der Waals surface area contributed by atoms with Gasteiger partial charge in [0.15, 0.2) is 0 Å². The maximum atomic E-state index is 8.87. The van der Waals surface area contributed by atoms with Crippen LogP contribution >= 0.6 is 15.9 Å². The molecule has 0 radical (unpaired) electrons. The van der Waals surface area contributed by atoms with Gasteiger partial charge in [0.2, 0.25) is 0 Å². The fraction of sp³-hybridized carbons (Fsp3) is 0.538. The molecule has 0 heterocycles. The third-order valence-corrected chi connectivity index (χ3v) is 5.38. The van der Waals surface area contributed by atoms with Gasteiger partial charge < -0.3 is 24.1 Å². The van der Waals surface area contributed by atoms with Crippen molar-refractivity contribution in [3.63, 3.8) is 0 Å². The summed E-state index contributed by atoms with van der Waals surface area (Å²) in [6.07, 6.45) is 1.65. The molecule has 180 valence electrons. The fourth-order valence-corrected chi connectivity index (χ4v) is 3.60.